The van der Waals surface area contributed by atoms with Crippen LogP contribution in [0, 0.1) is 5.92 Å². The number of carbonyl (C=O) groups excluding carboxylic acids is 3. The molecule has 35 heavy (non-hydrogen) atoms. The molecule has 0 unspecified atom stereocenters. The van der Waals surface area contributed by atoms with Crippen molar-refractivity contribution in [1.29, 1.82) is 0 Å². The summed E-state index contributed by atoms with van der Waals surface area (Å²) in [4.78, 5) is 49.5. The van der Waals surface area contributed by atoms with Crippen LogP contribution in [0.3, 0.4) is 0 Å². The predicted octanol–water partition coefficient (Wildman–Crippen LogP) is 2.64. The molecule has 9 nitrogen and oxygen atoms in total. The van der Waals surface area contributed by atoms with Crippen LogP contribution in [0.2, 0.25) is 0 Å². The molecule has 2 aromatic rings. The molecular weight excluding hydrogens is 450 g/mol. The van der Waals surface area contributed by atoms with Crippen molar-refractivity contribution in [3.05, 3.63) is 71.8 Å². The lowest BCUT2D eigenvalue weighted by Gasteiger charge is -2.25. The molecule has 0 aliphatic heterocycles. The van der Waals surface area contributed by atoms with Gasteiger partial charge in [-0.25, -0.2) is 4.79 Å². The number of amides is 3. The molecule has 4 N–H and O–H groups in total. The number of carbonyl (C=O) groups is 4. The van der Waals surface area contributed by atoms with Gasteiger partial charge in [-0.2, -0.15) is 0 Å². The third kappa shape index (κ3) is 9.87. The maximum Gasteiger partial charge on any atom is 0.408 e. The lowest BCUT2D eigenvalue weighted by molar-refractivity contribution is -0.141. The number of hydrogen-bond donors (Lipinski definition) is 4. The normalized spacial score (nSPS) is 13.3. The average molecular weight is 484 g/mol. The van der Waals surface area contributed by atoms with Gasteiger partial charge in [0, 0.05) is 6.42 Å². The number of rotatable bonds is 12. The molecule has 2 aromatic carbocycles. The number of alkyl carbamates (subject to hydrolysis) is 1. The van der Waals surface area contributed by atoms with Gasteiger partial charge in [-0.1, -0.05) is 74.5 Å². The van der Waals surface area contributed by atoms with Crippen LogP contribution >= 0.6 is 0 Å². The zero-order valence-corrected chi connectivity index (χ0v) is 20.2. The van der Waals surface area contributed by atoms with Crippen molar-refractivity contribution >= 4 is 23.9 Å². The van der Waals surface area contributed by atoms with E-state index in [0.717, 1.165) is 11.1 Å². The van der Waals surface area contributed by atoms with Gasteiger partial charge in [0.05, 0.1) is 0 Å². The molecule has 0 heterocycles. The Hall–Kier alpha value is -3.88. The van der Waals surface area contributed by atoms with E-state index >= 15 is 0 Å². The van der Waals surface area contributed by atoms with E-state index in [1.54, 1.807) is 0 Å². The van der Waals surface area contributed by atoms with Crippen molar-refractivity contribution in [2.24, 2.45) is 5.92 Å². The molecule has 0 bridgehead atoms. The molecule has 3 amide bonds. The summed E-state index contributed by atoms with van der Waals surface area (Å²) < 4.78 is 5.27. The van der Waals surface area contributed by atoms with Crippen molar-refractivity contribution < 1.29 is 29.0 Å². The first-order chi connectivity index (χ1) is 16.7. The van der Waals surface area contributed by atoms with Gasteiger partial charge in [0.15, 0.2) is 0 Å². The van der Waals surface area contributed by atoms with Gasteiger partial charge in [0.25, 0.3) is 0 Å². The Bertz CT molecular complexity index is 981. The smallest absolute Gasteiger partial charge is 0.408 e. The van der Waals surface area contributed by atoms with Crippen LogP contribution in [-0.4, -0.2) is 47.1 Å². The minimum absolute atomic E-state index is 0.0395. The number of carboxylic acid groups (broad SMARTS) is 1. The Balaban J connectivity index is 2.12. The summed E-state index contributed by atoms with van der Waals surface area (Å²) in [6.07, 6.45) is -0.302. The first-order valence-corrected chi connectivity index (χ1v) is 11.5. The first-order valence-electron chi connectivity index (χ1n) is 11.5. The number of benzene rings is 2. The molecular formula is C26H33N3O6. The number of hydrogen-bond acceptors (Lipinski definition) is 5. The van der Waals surface area contributed by atoms with Crippen LogP contribution in [-0.2, 0) is 32.1 Å². The molecule has 3 atom stereocenters. The van der Waals surface area contributed by atoms with E-state index in [1.807, 2.05) is 74.5 Å². The highest BCUT2D eigenvalue weighted by atomic mass is 16.5. The highest BCUT2D eigenvalue weighted by Crippen LogP contribution is 2.09. The number of ether oxygens (including phenoxy) is 1. The summed E-state index contributed by atoms with van der Waals surface area (Å²) >= 11 is 0. The van der Waals surface area contributed by atoms with E-state index in [0.29, 0.717) is 6.42 Å². The molecule has 0 saturated heterocycles. The molecule has 0 aliphatic carbocycles. The summed E-state index contributed by atoms with van der Waals surface area (Å²) in [5.41, 5.74) is 1.60. The predicted molar refractivity (Wildman–Crippen MR) is 130 cm³/mol. The standard InChI is InChI=1S/C26H33N3O6/c1-17(2)14-21(23(30)27-18(3)25(32)33)28-24(31)22(15-19-10-6-4-7-11-19)29-26(34)35-16-20-12-8-5-9-13-20/h4-13,17-18,21-22H,14-16H2,1-3H3,(H,27,30)(H,28,31)(H,29,34)(H,32,33)/t18-,21+,22-/m1/s1. The zero-order valence-electron chi connectivity index (χ0n) is 20.2. The van der Waals surface area contributed by atoms with Gasteiger partial charge in [0.1, 0.15) is 24.7 Å². The number of nitrogens with one attached hydrogen (secondary N) is 3. The van der Waals surface area contributed by atoms with E-state index in [2.05, 4.69) is 16.0 Å². The topological polar surface area (TPSA) is 134 Å². The molecule has 0 aliphatic rings. The van der Waals surface area contributed by atoms with Crippen molar-refractivity contribution in [3.63, 3.8) is 0 Å². The summed E-state index contributed by atoms with van der Waals surface area (Å²) in [5, 5.41) is 16.8. The monoisotopic (exact) mass is 483 g/mol. The van der Waals surface area contributed by atoms with E-state index in [-0.39, 0.29) is 18.9 Å². The Morgan fingerprint density at radius 1 is 0.771 bits per heavy atom. The van der Waals surface area contributed by atoms with E-state index in [4.69, 9.17) is 9.84 Å². The Morgan fingerprint density at radius 2 is 1.31 bits per heavy atom. The second kappa shape index (κ2) is 13.7. The molecule has 0 saturated carbocycles. The van der Waals surface area contributed by atoms with Crippen molar-refractivity contribution in [2.45, 2.75) is 58.3 Å². The Labute approximate surface area is 205 Å². The van der Waals surface area contributed by atoms with Crippen molar-refractivity contribution in [3.8, 4) is 0 Å². The van der Waals surface area contributed by atoms with E-state index in [1.165, 1.54) is 6.92 Å². The van der Waals surface area contributed by atoms with Crippen molar-refractivity contribution in [1.82, 2.24) is 16.0 Å². The molecule has 0 spiro atoms. The maximum atomic E-state index is 13.2. The highest BCUT2D eigenvalue weighted by molar-refractivity contribution is 5.92. The Morgan fingerprint density at radius 3 is 1.86 bits per heavy atom. The molecule has 2 rings (SSSR count). The summed E-state index contributed by atoms with van der Waals surface area (Å²) in [6, 6.07) is 15.2. The maximum absolute atomic E-state index is 13.2. The van der Waals surface area contributed by atoms with Crippen LogP contribution in [0.25, 0.3) is 0 Å². The number of aliphatic carboxylic acids is 1. The van der Waals surface area contributed by atoms with Crippen molar-refractivity contribution in [2.75, 3.05) is 0 Å². The summed E-state index contributed by atoms with van der Waals surface area (Å²) in [7, 11) is 0. The Kier molecular flexibility index (Phi) is 10.7. The lowest BCUT2D eigenvalue weighted by Crippen LogP contribution is -2.56. The minimum Gasteiger partial charge on any atom is -0.480 e. The second-order valence-corrected chi connectivity index (χ2v) is 8.71. The third-order valence-corrected chi connectivity index (χ3v) is 5.17. The molecule has 0 radical (unpaired) electrons. The highest BCUT2D eigenvalue weighted by Gasteiger charge is 2.29. The van der Waals surface area contributed by atoms with Gasteiger partial charge in [0.2, 0.25) is 11.8 Å². The largest absolute Gasteiger partial charge is 0.480 e. The quantitative estimate of drug-likeness (QED) is 0.367. The molecule has 0 aromatic heterocycles. The number of carboxylic acids is 1. The first kappa shape index (κ1) is 27.4. The van der Waals surface area contributed by atoms with Crippen LogP contribution in [0.15, 0.2) is 60.7 Å². The fraction of sp³-hybridized carbons (Fsp3) is 0.385. The lowest BCUT2D eigenvalue weighted by atomic mass is 10.0. The third-order valence-electron chi connectivity index (χ3n) is 5.17. The average Bonchev–Trinajstić information content (AvgIpc) is 2.82. The van der Waals surface area contributed by atoms with Crippen LogP contribution in [0.1, 0.15) is 38.3 Å². The van der Waals surface area contributed by atoms with Gasteiger partial charge < -0.3 is 25.8 Å². The van der Waals surface area contributed by atoms with Gasteiger partial charge in [-0.3, -0.25) is 14.4 Å². The van der Waals surface area contributed by atoms with Gasteiger partial charge in [-0.05, 0) is 30.4 Å². The minimum atomic E-state index is -1.18. The molecule has 9 heteroatoms. The molecule has 188 valence electrons. The fourth-order valence-corrected chi connectivity index (χ4v) is 3.32. The van der Waals surface area contributed by atoms with Gasteiger partial charge >= 0.3 is 12.1 Å². The van der Waals surface area contributed by atoms with Crippen LogP contribution in [0.4, 0.5) is 4.79 Å². The SMILES string of the molecule is CC(C)C[C@H](NC(=O)[C@@H](Cc1ccccc1)NC(=O)OCc1ccccc1)C(=O)N[C@H](C)C(=O)O. The second-order valence-electron chi connectivity index (χ2n) is 8.71. The summed E-state index contributed by atoms with van der Waals surface area (Å²) in [5.74, 6) is -2.32. The fourth-order valence-electron chi connectivity index (χ4n) is 3.32. The molecule has 0 fully saturated rings. The van der Waals surface area contributed by atoms with Crippen LogP contribution < -0.4 is 16.0 Å². The van der Waals surface area contributed by atoms with Crippen LogP contribution in [0.5, 0.6) is 0 Å². The van der Waals surface area contributed by atoms with E-state index in [9.17, 15) is 19.2 Å². The van der Waals surface area contributed by atoms with Gasteiger partial charge in [-0.15, -0.1) is 0 Å². The summed E-state index contributed by atoms with van der Waals surface area (Å²) in [6.45, 7) is 5.15. The zero-order chi connectivity index (χ0) is 25.8. The van der Waals surface area contributed by atoms with E-state index < -0.39 is 42.0 Å².